The molecular weight excluding hydrogens is 188 g/mol. The number of rotatable bonds is 4. The highest BCUT2D eigenvalue weighted by Gasteiger charge is 2.21. The molecule has 0 saturated heterocycles. The molecule has 0 fully saturated rings. The monoisotopic (exact) mass is 208 g/mol. The fourth-order valence-electron chi connectivity index (χ4n) is 1.29. The number of nitrogens with zero attached hydrogens (tertiary/aromatic N) is 1. The van der Waals surface area contributed by atoms with Crippen LogP contribution >= 0.6 is 0 Å². The molecule has 0 heterocycles. The molecule has 0 amide bonds. The Morgan fingerprint density at radius 1 is 1.27 bits per heavy atom. The minimum absolute atomic E-state index is 0.0331. The second kappa shape index (κ2) is 4.53. The number of anilines is 1. The minimum atomic E-state index is -0.0331. The lowest BCUT2D eigenvalue weighted by Crippen LogP contribution is -2.47. The number of nitrogens with two attached hydrogens (primary N) is 1. The van der Waals surface area contributed by atoms with Crippen LogP contribution in [-0.2, 0) is 0 Å². The van der Waals surface area contributed by atoms with Crippen molar-refractivity contribution in [3.8, 4) is 5.75 Å². The lowest BCUT2D eigenvalue weighted by atomic mass is 10.0. The second-order valence-corrected chi connectivity index (χ2v) is 4.27. The van der Waals surface area contributed by atoms with Gasteiger partial charge < -0.3 is 15.4 Å². The van der Waals surface area contributed by atoms with Gasteiger partial charge in [-0.15, -0.1) is 0 Å². The highest BCUT2D eigenvalue weighted by atomic mass is 16.5. The molecule has 1 rings (SSSR count). The van der Waals surface area contributed by atoms with E-state index in [1.165, 1.54) is 0 Å². The van der Waals surface area contributed by atoms with Gasteiger partial charge in [0.1, 0.15) is 5.75 Å². The summed E-state index contributed by atoms with van der Waals surface area (Å²) in [5.74, 6) is 0.873. The Labute approximate surface area is 91.8 Å². The van der Waals surface area contributed by atoms with Crippen LogP contribution in [0.4, 0.5) is 5.69 Å². The van der Waals surface area contributed by atoms with E-state index >= 15 is 0 Å². The second-order valence-electron chi connectivity index (χ2n) is 4.27. The average Bonchev–Trinajstić information content (AvgIpc) is 2.28. The summed E-state index contributed by atoms with van der Waals surface area (Å²) in [4.78, 5) is 2.17. The van der Waals surface area contributed by atoms with Crippen molar-refractivity contribution in [3.63, 3.8) is 0 Å². The smallest absolute Gasteiger partial charge is 0.119 e. The number of hydrogen-bond donors (Lipinski definition) is 1. The van der Waals surface area contributed by atoms with Gasteiger partial charge >= 0.3 is 0 Å². The van der Waals surface area contributed by atoms with Gasteiger partial charge in [-0.1, -0.05) is 0 Å². The molecule has 0 radical (unpaired) electrons. The van der Waals surface area contributed by atoms with Crippen molar-refractivity contribution in [3.05, 3.63) is 24.3 Å². The first-order valence-electron chi connectivity index (χ1n) is 5.09. The maximum absolute atomic E-state index is 5.73. The number of benzene rings is 1. The molecule has 0 aliphatic heterocycles. The number of hydrogen-bond acceptors (Lipinski definition) is 3. The average molecular weight is 208 g/mol. The van der Waals surface area contributed by atoms with Crippen LogP contribution in [0.5, 0.6) is 5.75 Å². The highest BCUT2D eigenvalue weighted by Crippen LogP contribution is 2.23. The summed E-state index contributed by atoms with van der Waals surface area (Å²) >= 11 is 0. The zero-order valence-corrected chi connectivity index (χ0v) is 9.95. The van der Waals surface area contributed by atoms with Crippen LogP contribution in [-0.4, -0.2) is 26.2 Å². The third-order valence-corrected chi connectivity index (χ3v) is 2.87. The van der Waals surface area contributed by atoms with Gasteiger partial charge in [0.15, 0.2) is 0 Å². The summed E-state index contributed by atoms with van der Waals surface area (Å²) < 4.78 is 5.12. The molecule has 0 atom stereocenters. The van der Waals surface area contributed by atoms with E-state index in [4.69, 9.17) is 10.5 Å². The van der Waals surface area contributed by atoms with E-state index in [1.54, 1.807) is 7.11 Å². The summed E-state index contributed by atoms with van der Waals surface area (Å²) in [7, 11) is 3.72. The molecule has 0 saturated carbocycles. The highest BCUT2D eigenvalue weighted by molar-refractivity contribution is 5.50. The zero-order valence-electron chi connectivity index (χ0n) is 9.95. The third kappa shape index (κ3) is 2.63. The fourth-order valence-corrected chi connectivity index (χ4v) is 1.29. The predicted molar refractivity (Wildman–Crippen MR) is 64.5 cm³/mol. The van der Waals surface area contributed by atoms with Crippen LogP contribution < -0.4 is 15.4 Å². The van der Waals surface area contributed by atoms with E-state index < -0.39 is 0 Å². The van der Waals surface area contributed by atoms with Gasteiger partial charge in [0, 0.05) is 24.8 Å². The molecule has 0 aliphatic rings. The van der Waals surface area contributed by atoms with Gasteiger partial charge in [0.25, 0.3) is 0 Å². The molecule has 0 aromatic heterocycles. The Morgan fingerprint density at radius 3 is 2.20 bits per heavy atom. The molecule has 0 aliphatic carbocycles. The predicted octanol–water partition coefficient (Wildman–Crippen LogP) is 1.87. The summed E-state index contributed by atoms with van der Waals surface area (Å²) in [5.41, 5.74) is 6.85. The van der Waals surface area contributed by atoms with E-state index in [0.29, 0.717) is 6.54 Å². The standard InChI is InChI=1S/C12H20N2O/c1-12(2,9-13)14(3)10-5-7-11(15-4)8-6-10/h5-8H,9,13H2,1-4H3. The molecule has 3 heteroatoms. The Balaban J connectivity index is 2.87. The molecular formula is C12H20N2O. The first-order valence-corrected chi connectivity index (χ1v) is 5.09. The van der Waals surface area contributed by atoms with Crippen LogP contribution in [0.1, 0.15) is 13.8 Å². The molecule has 1 aromatic carbocycles. The third-order valence-electron chi connectivity index (χ3n) is 2.87. The van der Waals surface area contributed by atoms with Gasteiger partial charge in [-0.05, 0) is 38.1 Å². The Hall–Kier alpha value is -1.22. The summed E-state index contributed by atoms with van der Waals surface area (Å²) in [5, 5.41) is 0. The zero-order chi connectivity index (χ0) is 11.5. The summed E-state index contributed by atoms with van der Waals surface area (Å²) in [6.45, 7) is 4.87. The number of likely N-dealkylation sites (N-methyl/N-ethyl adjacent to an activating group) is 1. The van der Waals surface area contributed by atoms with Gasteiger partial charge in [-0.3, -0.25) is 0 Å². The molecule has 84 valence electrons. The van der Waals surface area contributed by atoms with Crippen LogP contribution in [0.2, 0.25) is 0 Å². The Bertz CT molecular complexity index is 306. The van der Waals surface area contributed by atoms with E-state index in [9.17, 15) is 0 Å². The molecule has 0 bridgehead atoms. The molecule has 0 spiro atoms. The van der Waals surface area contributed by atoms with Gasteiger partial charge in [0.2, 0.25) is 0 Å². The SMILES string of the molecule is COc1ccc(N(C)C(C)(C)CN)cc1. The molecule has 3 nitrogen and oxygen atoms in total. The quantitative estimate of drug-likeness (QED) is 0.821. The lowest BCUT2D eigenvalue weighted by molar-refractivity contribution is 0.414. The van der Waals surface area contributed by atoms with Crippen molar-refractivity contribution < 1.29 is 4.74 Å². The Kier molecular flexibility index (Phi) is 3.58. The van der Waals surface area contributed by atoms with Gasteiger partial charge in [-0.2, -0.15) is 0 Å². The largest absolute Gasteiger partial charge is 0.497 e. The molecule has 1 aromatic rings. The molecule has 2 N–H and O–H groups in total. The number of ether oxygens (including phenoxy) is 1. The van der Waals surface area contributed by atoms with Crippen molar-refractivity contribution in [2.75, 3.05) is 25.6 Å². The van der Waals surface area contributed by atoms with Gasteiger partial charge in [0.05, 0.1) is 7.11 Å². The summed E-state index contributed by atoms with van der Waals surface area (Å²) in [6, 6.07) is 7.99. The van der Waals surface area contributed by atoms with Gasteiger partial charge in [-0.25, -0.2) is 0 Å². The van der Waals surface area contributed by atoms with E-state index in [0.717, 1.165) is 11.4 Å². The van der Waals surface area contributed by atoms with Crippen LogP contribution in [0.3, 0.4) is 0 Å². The first-order chi connectivity index (χ1) is 7.01. The van der Waals surface area contributed by atoms with Crippen LogP contribution in [0, 0.1) is 0 Å². The lowest BCUT2D eigenvalue weighted by Gasteiger charge is -2.36. The maximum Gasteiger partial charge on any atom is 0.119 e. The topological polar surface area (TPSA) is 38.5 Å². The van der Waals surface area contributed by atoms with Crippen molar-refractivity contribution in [1.29, 1.82) is 0 Å². The number of methoxy groups -OCH3 is 1. The van der Waals surface area contributed by atoms with Crippen molar-refractivity contribution in [2.24, 2.45) is 5.73 Å². The fraction of sp³-hybridized carbons (Fsp3) is 0.500. The van der Waals surface area contributed by atoms with Crippen molar-refractivity contribution in [1.82, 2.24) is 0 Å². The minimum Gasteiger partial charge on any atom is -0.497 e. The van der Waals surface area contributed by atoms with Crippen LogP contribution in [0.25, 0.3) is 0 Å². The Morgan fingerprint density at radius 2 is 1.80 bits per heavy atom. The van der Waals surface area contributed by atoms with Crippen LogP contribution in [0.15, 0.2) is 24.3 Å². The maximum atomic E-state index is 5.73. The van der Waals surface area contributed by atoms with Crippen molar-refractivity contribution in [2.45, 2.75) is 19.4 Å². The summed E-state index contributed by atoms with van der Waals surface area (Å²) in [6.07, 6.45) is 0. The van der Waals surface area contributed by atoms with Crippen molar-refractivity contribution >= 4 is 5.69 Å². The van der Waals surface area contributed by atoms with E-state index in [2.05, 4.69) is 25.8 Å². The first kappa shape index (κ1) is 11.9. The molecule has 0 unspecified atom stereocenters. The normalized spacial score (nSPS) is 11.3. The van der Waals surface area contributed by atoms with E-state index in [1.807, 2.05) is 24.3 Å². The molecule has 15 heavy (non-hydrogen) atoms. The van der Waals surface area contributed by atoms with E-state index in [-0.39, 0.29) is 5.54 Å².